The van der Waals surface area contributed by atoms with Crippen LogP contribution in [0.4, 0.5) is 0 Å². The molecule has 0 aliphatic rings. The van der Waals surface area contributed by atoms with Gasteiger partial charge >= 0.3 is 0 Å². The molecule has 146 valence electrons. The number of fused-ring (bicyclic) bond motifs is 1. The summed E-state index contributed by atoms with van der Waals surface area (Å²) in [4.78, 5) is 31.3. The van der Waals surface area contributed by atoms with E-state index in [0.717, 1.165) is 11.1 Å². The van der Waals surface area contributed by atoms with Crippen LogP contribution < -0.4 is 5.56 Å². The number of aromatic nitrogens is 2. The molecule has 3 aromatic rings. The average Bonchev–Trinajstić information content (AvgIpc) is 2.66. The number of hydrogen-bond donors (Lipinski definition) is 0. The van der Waals surface area contributed by atoms with Crippen LogP contribution in [0, 0.1) is 6.92 Å². The first-order chi connectivity index (χ1) is 13.3. The largest absolute Gasteiger partial charge is 0.339 e. The van der Waals surface area contributed by atoms with E-state index >= 15 is 0 Å². The quantitative estimate of drug-likeness (QED) is 0.608. The number of carbonyl (C=O) groups is 1. The molecule has 0 spiro atoms. The predicted molar refractivity (Wildman–Crippen MR) is 113 cm³/mol. The zero-order valence-electron chi connectivity index (χ0n) is 15.9. The highest BCUT2D eigenvalue weighted by molar-refractivity contribution is 6.35. The highest BCUT2D eigenvalue weighted by Crippen LogP contribution is 2.29. The lowest BCUT2D eigenvalue weighted by atomic mass is 10.1. The Hall–Kier alpha value is -2.37. The zero-order valence-corrected chi connectivity index (χ0v) is 17.5. The standard InChI is InChI=1S/C21H21Cl2N3O2/c1-13-5-4-6-17-20(13)24-12-26(21(17)28)10-9-19(27)25(3)14(2)16-8-7-15(22)11-18(16)23/h4-8,11-12,14H,9-10H2,1-3H3/t14-/m0/s1. The van der Waals surface area contributed by atoms with Crippen LogP contribution >= 0.6 is 23.2 Å². The van der Waals surface area contributed by atoms with Gasteiger partial charge in [0.2, 0.25) is 5.91 Å². The third-order valence-electron chi connectivity index (χ3n) is 5.01. The van der Waals surface area contributed by atoms with Crippen molar-refractivity contribution in [1.82, 2.24) is 14.5 Å². The van der Waals surface area contributed by atoms with Crippen molar-refractivity contribution in [1.29, 1.82) is 0 Å². The number of rotatable bonds is 5. The van der Waals surface area contributed by atoms with Crippen LogP contribution in [0.2, 0.25) is 10.0 Å². The van der Waals surface area contributed by atoms with Crippen molar-refractivity contribution < 1.29 is 4.79 Å². The summed E-state index contributed by atoms with van der Waals surface area (Å²) in [7, 11) is 1.72. The van der Waals surface area contributed by atoms with Gasteiger partial charge in [0.25, 0.3) is 5.56 Å². The molecule has 0 aliphatic carbocycles. The number of para-hydroxylation sites is 1. The Morgan fingerprint density at radius 2 is 2.00 bits per heavy atom. The van der Waals surface area contributed by atoms with E-state index in [-0.39, 0.29) is 30.5 Å². The highest BCUT2D eigenvalue weighted by atomic mass is 35.5. The van der Waals surface area contributed by atoms with Gasteiger partial charge in [0.05, 0.1) is 23.3 Å². The van der Waals surface area contributed by atoms with E-state index in [2.05, 4.69) is 4.98 Å². The first kappa shape index (κ1) is 20.4. The molecule has 0 N–H and O–H groups in total. The molecule has 0 bridgehead atoms. The van der Waals surface area contributed by atoms with Gasteiger partial charge in [0.1, 0.15) is 0 Å². The minimum atomic E-state index is -0.216. The minimum absolute atomic E-state index is 0.0882. The van der Waals surface area contributed by atoms with Crippen LogP contribution in [0.1, 0.15) is 30.5 Å². The monoisotopic (exact) mass is 417 g/mol. The van der Waals surface area contributed by atoms with Crippen molar-refractivity contribution >= 4 is 40.0 Å². The second-order valence-corrected chi connectivity index (χ2v) is 7.65. The number of aryl methyl sites for hydroxylation is 2. The van der Waals surface area contributed by atoms with E-state index in [4.69, 9.17) is 23.2 Å². The molecule has 7 heteroatoms. The Morgan fingerprint density at radius 3 is 2.71 bits per heavy atom. The summed E-state index contributed by atoms with van der Waals surface area (Å²) in [5.41, 5.74) is 2.32. The van der Waals surface area contributed by atoms with Gasteiger partial charge < -0.3 is 4.90 Å². The van der Waals surface area contributed by atoms with Gasteiger partial charge in [-0.3, -0.25) is 14.2 Å². The van der Waals surface area contributed by atoms with Gasteiger partial charge in [-0.2, -0.15) is 0 Å². The van der Waals surface area contributed by atoms with Crippen molar-refractivity contribution in [2.45, 2.75) is 32.9 Å². The molecular weight excluding hydrogens is 397 g/mol. The second kappa shape index (κ2) is 8.33. The van der Waals surface area contributed by atoms with Crippen LogP contribution in [-0.2, 0) is 11.3 Å². The van der Waals surface area contributed by atoms with Gasteiger partial charge in [0.15, 0.2) is 0 Å². The molecule has 1 aromatic heterocycles. The number of halogens is 2. The fourth-order valence-electron chi connectivity index (χ4n) is 3.15. The Labute approximate surface area is 173 Å². The lowest BCUT2D eigenvalue weighted by Crippen LogP contribution is -2.31. The first-order valence-electron chi connectivity index (χ1n) is 8.95. The van der Waals surface area contributed by atoms with Crippen LogP contribution in [0.3, 0.4) is 0 Å². The second-order valence-electron chi connectivity index (χ2n) is 6.81. The number of nitrogens with zero attached hydrogens (tertiary/aromatic N) is 3. The third kappa shape index (κ3) is 4.05. The molecular formula is C21H21Cl2N3O2. The highest BCUT2D eigenvalue weighted by Gasteiger charge is 2.20. The summed E-state index contributed by atoms with van der Waals surface area (Å²) < 4.78 is 1.48. The lowest BCUT2D eigenvalue weighted by Gasteiger charge is -2.26. The SMILES string of the molecule is Cc1cccc2c(=O)n(CCC(=O)N(C)[C@@H](C)c3ccc(Cl)cc3Cl)cnc12. The Bertz CT molecular complexity index is 1090. The van der Waals surface area contributed by atoms with Crippen molar-refractivity contribution in [2.75, 3.05) is 7.05 Å². The molecule has 0 unspecified atom stereocenters. The summed E-state index contributed by atoms with van der Waals surface area (Å²) in [5, 5.41) is 1.63. The maximum atomic E-state index is 12.7. The maximum Gasteiger partial charge on any atom is 0.261 e. The van der Waals surface area contributed by atoms with Gasteiger partial charge in [-0.15, -0.1) is 0 Å². The van der Waals surface area contributed by atoms with Crippen LogP contribution in [0.5, 0.6) is 0 Å². The summed E-state index contributed by atoms with van der Waals surface area (Å²) in [5.74, 6) is -0.0882. The van der Waals surface area contributed by atoms with Gasteiger partial charge in [-0.25, -0.2) is 4.98 Å². The topological polar surface area (TPSA) is 55.2 Å². The molecule has 0 aliphatic heterocycles. The number of benzene rings is 2. The van der Waals surface area contributed by atoms with E-state index in [0.29, 0.717) is 20.9 Å². The molecule has 5 nitrogen and oxygen atoms in total. The van der Waals surface area contributed by atoms with Crippen LogP contribution in [0.25, 0.3) is 10.9 Å². The molecule has 0 fully saturated rings. The van der Waals surface area contributed by atoms with Crippen molar-refractivity contribution in [3.8, 4) is 0 Å². The number of hydrogen-bond acceptors (Lipinski definition) is 3. The summed E-state index contributed by atoms with van der Waals surface area (Å²) in [6, 6.07) is 10.5. The van der Waals surface area contributed by atoms with Crippen molar-refractivity contribution in [3.63, 3.8) is 0 Å². The zero-order chi connectivity index (χ0) is 20.4. The molecule has 28 heavy (non-hydrogen) atoms. The normalized spacial score (nSPS) is 12.2. The lowest BCUT2D eigenvalue weighted by molar-refractivity contribution is -0.132. The van der Waals surface area contributed by atoms with E-state index < -0.39 is 0 Å². The minimum Gasteiger partial charge on any atom is -0.339 e. The Morgan fingerprint density at radius 1 is 1.25 bits per heavy atom. The molecule has 0 saturated carbocycles. The third-order valence-corrected chi connectivity index (χ3v) is 5.57. The van der Waals surface area contributed by atoms with Gasteiger partial charge in [-0.05, 0) is 43.2 Å². The van der Waals surface area contributed by atoms with E-state index in [1.54, 1.807) is 30.1 Å². The predicted octanol–water partition coefficient (Wildman–Crippen LogP) is 4.62. The molecule has 3 rings (SSSR count). The maximum absolute atomic E-state index is 12.7. The fourth-order valence-corrected chi connectivity index (χ4v) is 3.72. The first-order valence-corrected chi connectivity index (χ1v) is 9.70. The number of carbonyl (C=O) groups excluding carboxylic acids is 1. The molecule has 1 atom stereocenters. The summed E-state index contributed by atoms with van der Waals surface area (Å²) in [6.45, 7) is 4.08. The molecule has 1 heterocycles. The van der Waals surface area contributed by atoms with Crippen LogP contribution in [0.15, 0.2) is 47.5 Å². The Kier molecular flexibility index (Phi) is 6.06. The van der Waals surface area contributed by atoms with Crippen molar-refractivity contribution in [2.24, 2.45) is 0 Å². The number of amides is 1. The van der Waals surface area contributed by atoms with E-state index in [1.165, 1.54) is 10.9 Å². The summed E-state index contributed by atoms with van der Waals surface area (Å²) >= 11 is 12.2. The van der Waals surface area contributed by atoms with E-state index in [1.807, 2.05) is 32.0 Å². The molecule has 2 aromatic carbocycles. The smallest absolute Gasteiger partial charge is 0.261 e. The van der Waals surface area contributed by atoms with Crippen LogP contribution in [-0.4, -0.2) is 27.4 Å². The van der Waals surface area contributed by atoms with Crippen molar-refractivity contribution in [3.05, 3.63) is 74.3 Å². The molecule has 0 radical (unpaired) electrons. The average molecular weight is 418 g/mol. The van der Waals surface area contributed by atoms with Gasteiger partial charge in [0, 0.05) is 30.1 Å². The Balaban J connectivity index is 1.74. The molecule has 1 amide bonds. The fraction of sp³-hybridized carbons (Fsp3) is 0.286. The molecule has 0 saturated heterocycles. The van der Waals surface area contributed by atoms with Gasteiger partial charge in [-0.1, -0.05) is 41.4 Å². The van der Waals surface area contributed by atoms with E-state index in [9.17, 15) is 9.59 Å². The summed E-state index contributed by atoms with van der Waals surface area (Å²) in [6.07, 6.45) is 1.69.